The van der Waals surface area contributed by atoms with Crippen molar-refractivity contribution < 1.29 is 14.3 Å². The zero-order chi connectivity index (χ0) is 15.9. The van der Waals surface area contributed by atoms with E-state index in [1.165, 1.54) is 18.7 Å². The lowest BCUT2D eigenvalue weighted by molar-refractivity contribution is -0.130. The highest BCUT2D eigenvalue weighted by Crippen LogP contribution is 2.23. The Hall–Kier alpha value is -1.69. The molecule has 0 spiro atoms. The first-order valence-corrected chi connectivity index (χ1v) is 8.39. The summed E-state index contributed by atoms with van der Waals surface area (Å²) in [6.45, 7) is 2.89. The molecule has 1 unspecified atom stereocenters. The molecule has 0 aliphatic carbocycles. The molecule has 1 saturated heterocycles. The summed E-state index contributed by atoms with van der Waals surface area (Å²) < 4.78 is 5.18. The van der Waals surface area contributed by atoms with E-state index in [1.807, 2.05) is 29.2 Å². The molecular formula is C16H22N2O3S. The van der Waals surface area contributed by atoms with Crippen molar-refractivity contribution in [2.75, 3.05) is 26.0 Å². The molecule has 1 N–H and O–H groups in total. The van der Waals surface area contributed by atoms with Gasteiger partial charge in [0.15, 0.2) is 0 Å². The van der Waals surface area contributed by atoms with Gasteiger partial charge in [0.25, 0.3) is 0 Å². The molecule has 2 amide bonds. The summed E-state index contributed by atoms with van der Waals surface area (Å²) in [7, 11) is 1.63. The number of benzene rings is 1. The average molecular weight is 322 g/mol. The Kier molecular flexibility index (Phi) is 6.12. The molecule has 1 aromatic carbocycles. The predicted molar refractivity (Wildman–Crippen MR) is 87.1 cm³/mol. The number of hydrogen-bond acceptors (Lipinski definition) is 4. The normalized spacial score (nSPS) is 17.9. The maximum atomic E-state index is 12.3. The topological polar surface area (TPSA) is 58.6 Å². The third-order valence-electron chi connectivity index (χ3n) is 3.58. The van der Waals surface area contributed by atoms with Crippen LogP contribution in [-0.4, -0.2) is 48.7 Å². The van der Waals surface area contributed by atoms with E-state index in [1.54, 1.807) is 7.11 Å². The number of carbonyl (C=O) groups is 2. The first-order valence-electron chi connectivity index (χ1n) is 7.40. The quantitative estimate of drug-likeness (QED) is 0.842. The van der Waals surface area contributed by atoms with Crippen molar-refractivity contribution in [3.8, 4) is 5.75 Å². The molecule has 0 aromatic heterocycles. The van der Waals surface area contributed by atoms with Crippen LogP contribution in [-0.2, 0) is 9.59 Å². The van der Waals surface area contributed by atoms with Gasteiger partial charge in [0, 0.05) is 31.0 Å². The summed E-state index contributed by atoms with van der Waals surface area (Å²) in [4.78, 5) is 26.3. The molecule has 0 radical (unpaired) electrons. The molecule has 1 aliphatic rings. The van der Waals surface area contributed by atoms with Gasteiger partial charge in [-0.25, -0.2) is 0 Å². The molecule has 120 valence electrons. The number of carbonyl (C=O) groups excluding carboxylic acids is 2. The van der Waals surface area contributed by atoms with Crippen molar-refractivity contribution >= 4 is 23.6 Å². The van der Waals surface area contributed by atoms with Crippen LogP contribution in [0.5, 0.6) is 5.75 Å². The fraction of sp³-hybridized carbons (Fsp3) is 0.500. The summed E-state index contributed by atoms with van der Waals surface area (Å²) in [5, 5.41) is 2.90. The number of methoxy groups -OCH3 is 1. The lowest BCUT2D eigenvalue weighted by Gasteiger charge is -2.33. The Morgan fingerprint density at radius 1 is 1.45 bits per heavy atom. The molecule has 1 atom stereocenters. The van der Waals surface area contributed by atoms with Gasteiger partial charge in [-0.15, -0.1) is 11.8 Å². The van der Waals surface area contributed by atoms with Crippen LogP contribution in [0.15, 0.2) is 29.2 Å². The zero-order valence-electron chi connectivity index (χ0n) is 13.0. The predicted octanol–water partition coefficient (Wildman–Crippen LogP) is 1.91. The van der Waals surface area contributed by atoms with Crippen LogP contribution in [0.4, 0.5) is 0 Å². The van der Waals surface area contributed by atoms with Crippen molar-refractivity contribution in [3.63, 3.8) is 0 Å². The Balaban J connectivity index is 1.84. The SMILES string of the molecule is COc1cccc(SCC(=O)N2CCCC(NC(C)=O)C2)c1. The van der Waals surface area contributed by atoms with Gasteiger partial charge in [-0.3, -0.25) is 9.59 Å². The third-order valence-corrected chi connectivity index (χ3v) is 4.56. The fourth-order valence-electron chi connectivity index (χ4n) is 2.54. The van der Waals surface area contributed by atoms with E-state index >= 15 is 0 Å². The number of amides is 2. The lowest BCUT2D eigenvalue weighted by atomic mass is 10.1. The Morgan fingerprint density at radius 3 is 3.00 bits per heavy atom. The number of piperidine rings is 1. The van der Waals surface area contributed by atoms with Gasteiger partial charge in [-0.2, -0.15) is 0 Å². The van der Waals surface area contributed by atoms with E-state index in [9.17, 15) is 9.59 Å². The molecule has 1 fully saturated rings. The van der Waals surface area contributed by atoms with E-state index in [0.29, 0.717) is 12.3 Å². The number of hydrogen-bond donors (Lipinski definition) is 1. The van der Waals surface area contributed by atoms with Crippen molar-refractivity contribution in [1.29, 1.82) is 0 Å². The number of ether oxygens (including phenoxy) is 1. The number of thioether (sulfide) groups is 1. The second-order valence-corrected chi connectivity index (χ2v) is 6.40. The van der Waals surface area contributed by atoms with E-state index < -0.39 is 0 Å². The monoisotopic (exact) mass is 322 g/mol. The average Bonchev–Trinajstić information content (AvgIpc) is 2.52. The molecule has 6 heteroatoms. The van der Waals surface area contributed by atoms with Crippen molar-refractivity contribution in [3.05, 3.63) is 24.3 Å². The Labute approximate surface area is 135 Å². The summed E-state index contributed by atoms with van der Waals surface area (Å²) >= 11 is 1.51. The van der Waals surface area contributed by atoms with Crippen LogP contribution in [0.25, 0.3) is 0 Å². The fourth-order valence-corrected chi connectivity index (χ4v) is 3.38. The second-order valence-electron chi connectivity index (χ2n) is 5.35. The van der Waals surface area contributed by atoms with Crippen molar-refractivity contribution in [2.24, 2.45) is 0 Å². The second kappa shape index (κ2) is 8.08. The minimum absolute atomic E-state index is 0.0370. The third kappa shape index (κ3) is 4.94. The Bertz CT molecular complexity index is 536. The van der Waals surface area contributed by atoms with Crippen LogP contribution < -0.4 is 10.1 Å². The van der Waals surface area contributed by atoms with E-state index in [4.69, 9.17) is 4.74 Å². The molecule has 5 nitrogen and oxygen atoms in total. The first-order chi connectivity index (χ1) is 10.6. The largest absolute Gasteiger partial charge is 0.497 e. The maximum Gasteiger partial charge on any atom is 0.233 e. The molecule has 0 saturated carbocycles. The number of likely N-dealkylation sites (tertiary alicyclic amines) is 1. The molecule has 22 heavy (non-hydrogen) atoms. The van der Waals surface area contributed by atoms with Gasteiger partial charge in [-0.1, -0.05) is 6.07 Å². The van der Waals surface area contributed by atoms with E-state index in [-0.39, 0.29) is 17.9 Å². The summed E-state index contributed by atoms with van der Waals surface area (Å²) in [6.07, 6.45) is 1.87. The minimum Gasteiger partial charge on any atom is -0.497 e. The molecule has 1 aliphatic heterocycles. The molecule has 1 aromatic rings. The van der Waals surface area contributed by atoms with Gasteiger partial charge >= 0.3 is 0 Å². The molecule has 0 bridgehead atoms. The smallest absolute Gasteiger partial charge is 0.233 e. The van der Waals surface area contributed by atoms with Crippen LogP contribution in [0, 0.1) is 0 Å². The molecule has 2 rings (SSSR count). The van der Waals surface area contributed by atoms with Crippen LogP contribution in [0.1, 0.15) is 19.8 Å². The zero-order valence-corrected chi connectivity index (χ0v) is 13.8. The van der Waals surface area contributed by atoms with Gasteiger partial charge in [-0.05, 0) is 31.0 Å². The van der Waals surface area contributed by atoms with E-state index in [2.05, 4.69) is 5.32 Å². The highest BCUT2D eigenvalue weighted by molar-refractivity contribution is 8.00. The van der Waals surface area contributed by atoms with Crippen LogP contribution in [0.2, 0.25) is 0 Å². The summed E-state index contributed by atoms with van der Waals surface area (Å²) in [5.41, 5.74) is 0. The Morgan fingerprint density at radius 2 is 2.27 bits per heavy atom. The number of nitrogens with zero attached hydrogens (tertiary/aromatic N) is 1. The molecular weight excluding hydrogens is 300 g/mol. The summed E-state index contributed by atoms with van der Waals surface area (Å²) in [5.74, 6) is 1.27. The van der Waals surface area contributed by atoms with Gasteiger partial charge in [0.05, 0.1) is 12.9 Å². The van der Waals surface area contributed by atoms with Gasteiger partial charge < -0.3 is 15.0 Å². The van der Waals surface area contributed by atoms with Crippen LogP contribution in [0.3, 0.4) is 0 Å². The maximum absolute atomic E-state index is 12.3. The standard InChI is InChI=1S/C16H22N2O3S/c1-12(19)17-13-5-4-8-18(10-13)16(20)11-22-15-7-3-6-14(9-15)21-2/h3,6-7,9,13H,4-5,8,10-11H2,1-2H3,(H,17,19). The minimum atomic E-state index is -0.0370. The van der Waals surface area contributed by atoms with Gasteiger partial charge in [0.2, 0.25) is 11.8 Å². The van der Waals surface area contributed by atoms with Crippen molar-refractivity contribution in [2.45, 2.75) is 30.7 Å². The lowest BCUT2D eigenvalue weighted by Crippen LogP contribution is -2.49. The van der Waals surface area contributed by atoms with E-state index in [0.717, 1.165) is 30.0 Å². The summed E-state index contributed by atoms with van der Waals surface area (Å²) in [6, 6.07) is 7.77. The van der Waals surface area contributed by atoms with Crippen LogP contribution >= 0.6 is 11.8 Å². The van der Waals surface area contributed by atoms with Crippen molar-refractivity contribution in [1.82, 2.24) is 10.2 Å². The number of nitrogens with one attached hydrogen (secondary N) is 1. The van der Waals surface area contributed by atoms with Gasteiger partial charge in [0.1, 0.15) is 5.75 Å². The molecule has 1 heterocycles. The number of rotatable bonds is 5. The highest BCUT2D eigenvalue weighted by atomic mass is 32.2. The highest BCUT2D eigenvalue weighted by Gasteiger charge is 2.23. The first kappa shape index (κ1) is 16.7.